The van der Waals surface area contributed by atoms with Crippen molar-refractivity contribution in [3.8, 4) is 39.8 Å². The second kappa shape index (κ2) is 6.97. The minimum absolute atomic E-state index is 0.563. The topological polar surface area (TPSA) is 53.7 Å². The molecule has 6 heteroatoms. The number of methoxy groups -OCH3 is 3. The molecule has 1 heterocycles. The molecule has 0 aliphatic carbocycles. The van der Waals surface area contributed by atoms with E-state index in [4.69, 9.17) is 18.7 Å². The lowest BCUT2D eigenvalue weighted by Gasteiger charge is -2.12. The van der Waals surface area contributed by atoms with Gasteiger partial charge < -0.3 is 18.7 Å². The lowest BCUT2D eigenvalue weighted by Crippen LogP contribution is -1.95. The number of rotatable bonds is 5. The first kappa shape index (κ1) is 16.4. The van der Waals surface area contributed by atoms with E-state index < -0.39 is 0 Å². The van der Waals surface area contributed by atoms with Crippen molar-refractivity contribution in [1.82, 2.24) is 5.16 Å². The fourth-order valence-corrected chi connectivity index (χ4v) is 2.66. The Balaban J connectivity index is 2.07. The number of nitrogens with zero attached hydrogens (tertiary/aromatic N) is 1. The molecule has 0 radical (unpaired) electrons. The maximum Gasteiger partial charge on any atom is 0.172 e. The van der Waals surface area contributed by atoms with E-state index in [1.165, 1.54) is 0 Å². The first-order chi connectivity index (χ1) is 11.7. The van der Waals surface area contributed by atoms with E-state index in [0.29, 0.717) is 28.6 Å². The lowest BCUT2D eigenvalue weighted by atomic mass is 10.1. The maximum atomic E-state index is 5.52. The summed E-state index contributed by atoms with van der Waals surface area (Å²) in [5.74, 6) is 2.34. The largest absolute Gasteiger partial charge is 0.497 e. The maximum absolute atomic E-state index is 5.52. The molecule has 124 valence electrons. The highest BCUT2D eigenvalue weighted by Crippen LogP contribution is 2.42. The lowest BCUT2D eigenvalue weighted by molar-refractivity contribution is 0.348. The fraction of sp³-hybridized carbons (Fsp3) is 0.167. The Labute approximate surface area is 148 Å². The first-order valence-electron chi connectivity index (χ1n) is 7.19. The molecular formula is C18H16BrNO4. The zero-order valence-corrected chi connectivity index (χ0v) is 15.1. The summed E-state index contributed by atoms with van der Waals surface area (Å²) in [6, 6.07) is 13.3. The van der Waals surface area contributed by atoms with Crippen LogP contribution in [0.2, 0.25) is 0 Å². The minimum Gasteiger partial charge on any atom is -0.497 e. The highest BCUT2D eigenvalue weighted by atomic mass is 79.9. The van der Waals surface area contributed by atoms with Crippen LogP contribution in [0, 0.1) is 0 Å². The summed E-state index contributed by atoms with van der Waals surface area (Å²) in [5.41, 5.74) is 2.41. The molecule has 0 atom stereocenters. The van der Waals surface area contributed by atoms with Gasteiger partial charge in [0.15, 0.2) is 17.3 Å². The molecule has 0 bridgehead atoms. The highest BCUT2D eigenvalue weighted by molar-refractivity contribution is 9.10. The summed E-state index contributed by atoms with van der Waals surface area (Å²) in [4.78, 5) is 0. The monoisotopic (exact) mass is 389 g/mol. The van der Waals surface area contributed by atoms with Crippen molar-refractivity contribution in [3.05, 3.63) is 46.9 Å². The number of ether oxygens (including phenoxy) is 3. The van der Waals surface area contributed by atoms with Gasteiger partial charge in [-0.2, -0.15) is 0 Å². The van der Waals surface area contributed by atoms with Gasteiger partial charge in [0.2, 0.25) is 0 Å². The highest BCUT2D eigenvalue weighted by Gasteiger charge is 2.19. The molecule has 1 aromatic heterocycles. The Kier molecular flexibility index (Phi) is 4.76. The molecule has 0 amide bonds. The minimum atomic E-state index is 0.563. The molecule has 0 N–H and O–H groups in total. The third kappa shape index (κ3) is 3.10. The van der Waals surface area contributed by atoms with Gasteiger partial charge >= 0.3 is 0 Å². The quantitative estimate of drug-likeness (QED) is 0.627. The summed E-state index contributed by atoms with van der Waals surface area (Å²) < 4.78 is 22.7. The Bertz CT molecular complexity index is 843. The van der Waals surface area contributed by atoms with Gasteiger partial charge in [-0.1, -0.05) is 33.2 Å². The summed E-state index contributed by atoms with van der Waals surface area (Å²) in [7, 11) is 4.76. The predicted molar refractivity (Wildman–Crippen MR) is 94.7 cm³/mol. The molecule has 5 nitrogen and oxygen atoms in total. The van der Waals surface area contributed by atoms with Gasteiger partial charge in [-0.15, -0.1) is 0 Å². The third-order valence-corrected chi connectivity index (χ3v) is 4.13. The number of halogens is 1. The van der Waals surface area contributed by atoms with Gasteiger partial charge in [-0.05, 0) is 18.2 Å². The van der Waals surface area contributed by atoms with Gasteiger partial charge in [0, 0.05) is 22.2 Å². The van der Waals surface area contributed by atoms with Gasteiger partial charge in [0.1, 0.15) is 11.4 Å². The zero-order chi connectivity index (χ0) is 17.1. The van der Waals surface area contributed by atoms with E-state index in [9.17, 15) is 0 Å². The average Bonchev–Trinajstić information content (AvgIpc) is 3.11. The van der Waals surface area contributed by atoms with Crippen molar-refractivity contribution >= 4 is 15.9 Å². The van der Waals surface area contributed by atoms with Crippen LogP contribution in [0.5, 0.6) is 17.2 Å². The van der Waals surface area contributed by atoms with Crippen LogP contribution in [0.15, 0.2) is 51.5 Å². The van der Waals surface area contributed by atoms with Crippen molar-refractivity contribution in [2.24, 2.45) is 0 Å². The summed E-state index contributed by atoms with van der Waals surface area (Å²) in [6.07, 6.45) is 0. The molecule has 3 aromatic rings. The van der Waals surface area contributed by atoms with Crippen LogP contribution in [0.25, 0.3) is 22.6 Å². The Morgan fingerprint density at radius 2 is 1.67 bits per heavy atom. The van der Waals surface area contributed by atoms with E-state index in [-0.39, 0.29) is 0 Å². The van der Waals surface area contributed by atoms with Gasteiger partial charge in [-0.3, -0.25) is 0 Å². The van der Waals surface area contributed by atoms with Crippen molar-refractivity contribution in [1.29, 1.82) is 0 Å². The van der Waals surface area contributed by atoms with Crippen molar-refractivity contribution < 1.29 is 18.7 Å². The molecule has 0 fully saturated rings. The van der Waals surface area contributed by atoms with E-state index in [0.717, 1.165) is 15.7 Å². The third-order valence-electron chi connectivity index (χ3n) is 3.60. The SMILES string of the molecule is COc1cc(OC)c(OC)c(-c2cc(-c3ccc(Br)cc3)no2)c1. The zero-order valence-electron chi connectivity index (χ0n) is 13.5. The van der Waals surface area contributed by atoms with Crippen molar-refractivity contribution in [3.63, 3.8) is 0 Å². The van der Waals surface area contributed by atoms with Crippen LogP contribution in [-0.2, 0) is 0 Å². The number of benzene rings is 2. The molecule has 0 saturated heterocycles. The van der Waals surface area contributed by atoms with Crippen molar-refractivity contribution in [2.75, 3.05) is 21.3 Å². The second-order valence-electron chi connectivity index (χ2n) is 4.99. The molecule has 0 aliphatic heterocycles. The first-order valence-corrected chi connectivity index (χ1v) is 7.98. The standard InChI is InChI=1S/C18H16BrNO4/c1-21-13-8-14(18(23-3)17(9-13)22-2)16-10-15(20-24-16)11-4-6-12(19)7-5-11/h4-10H,1-3H3. The normalized spacial score (nSPS) is 10.5. The Morgan fingerprint density at radius 3 is 2.29 bits per heavy atom. The Hall–Kier alpha value is -2.47. The Morgan fingerprint density at radius 1 is 0.917 bits per heavy atom. The summed E-state index contributed by atoms with van der Waals surface area (Å²) >= 11 is 3.42. The van der Waals surface area contributed by atoms with Crippen LogP contribution in [0.4, 0.5) is 0 Å². The van der Waals surface area contributed by atoms with Crippen LogP contribution in [-0.4, -0.2) is 26.5 Å². The number of hydrogen-bond donors (Lipinski definition) is 0. The molecular weight excluding hydrogens is 374 g/mol. The summed E-state index contributed by atoms with van der Waals surface area (Å²) in [6.45, 7) is 0. The summed E-state index contributed by atoms with van der Waals surface area (Å²) in [5, 5.41) is 4.15. The number of hydrogen-bond acceptors (Lipinski definition) is 5. The van der Waals surface area contributed by atoms with E-state index in [1.807, 2.05) is 36.4 Å². The molecule has 3 rings (SSSR count). The van der Waals surface area contributed by atoms with Gasteiger partial charge in [0.25, 0.3) is 0 Å². The molecule has 2 aromatic carbocycles. The molecule has 24 heavy (non-hydrogen) atoms. The van der Waals surface area contributed by atoms with E-state index in [1.54, 1.807) is 27.4 Å². The molecule has 0 spiro atoms. The molecule has 0 aliphatic rings. The van der Waals surface area contributed by atoms with Crippen LogP contribution >= 0.6 is 15.9 Å². The van der Waals surface area contributed by atoms with Gasteiger partial charge in [0.05, 0.1) is 26.9 Å². The fourth-order valence-electron chi connectivity index (χ4n) is 2.40. The van der Waals surface area contributed by atoms with Crippen LogP contribution < -0.4 is 14.2 Å². The van der Waals surface area contributed by atoms with E-state index >= 15 is 0 Å². The predicted octanol–water partition coefficient (Wildman–Crippen LogP) is 4.80. The van der Waals surface area contributed by atoms with Crippen LogP contribution in [0.1, 0.15) is 0 Å². The molecule has 0 saturated carbocycles. The average molecular weight is 390 g/mol. The second-order valence-corrected chi connectivity index (χ2v) is 5.91. The smallest absolute Gasteiger partial charge is 0.172 e. The van der Waals surface area contributed by atoms with Crippen LogP contribution in [0.3, 0.4) is 0 Å². The number of aromatic nitrogens is 1. The van der Waals surface area contributed by atoms with Gasteiger partial charge in [-0.25, -0.2) is 0 Å². The van der Waals surface area contributed by atoms with E-state index in [2.05, 4.69) is 21.1 Å². The van der Waals surface area contributed by atoms with Crippen molar-refractivity contribution in [2.45, 2.75) is 0 Å². The molecule has 0 unspecified atom stereocenters.